The van der Waals surface area contributed by atoms with Gasteiger partial charge in [-0.3, -0.25) is 5.32 Å². The van der Waals surface area contributed by atoms with Gasteiger partial charge in [0.05, 0.1) is 11.3 Å². The van der Waals surface area contributed by atoms with E-state index < -0.39 is 29.3 Å². The molecule has 0 aliphatic heterocycles. The number of amides is 1. The molecule has 0 aliphatic carbocycles. The molecular weight excluding hydrogens is 354 g/mol. The Morgan fingerprint density at radius 1 is 1.12 bits per heavy atom. The zero-order valence-electron chi connectivity index (χ0n) is 14.2. The van der Waals surface area contributed by atoms with Crippen molar-refractivity contribution >= 4 is 23.3 Å². The van der Waals surface area contributed by atoms with Crippen LogP contribution in [0.1, 0.15) is 26.3 Å². The maximum atomic E-state index is 13.9. The molecule has 0 spiro atoms. The molecule has 0 saturated carbocycles. The van der Waals surface area contributed by atoms with Crippen LogP contribution in [0.5, 0.6) is 0 Å². The molecule has 1 heterocycles. The SMILES string of the molecule is CC(C)(C)OC(=O)Nc1ccc(F)c(Nc2cc(C(F)(F)F)ccn2)c1. The third kappa shape index (κ3) is 5.61. The number of aromatic nitrogens is 1. The quantitative estimate of drug-likeness (QED) is 0.716. The highest BCUT2D eigenvalue weighted by Crippen LogP contribution is 2.31. The van der Waals surface area contributed by atoms with Gasteiger partial charge in [-0.15, -0.1) is 0 Å². The molecule has 140 valence electrons. The minimum Gasteiger partial charge on any atom is -0.444 e. The van der Waals surface area contributed by atoms with Gasteiger partial charge in [-0.2, -0.15) is 13.2 Å². The normalized spacial score (nSPS) is 11.8. The van der Waals surface area contributed by atoms with E-state index in [-0.39, 0.29) is 17.2 Å². The first kappa shape index (κ1) is 19.5. The standard InChI is InChI=1S/C17H17F4N3O2/c1-16(2,3)26-15(25)23-11-4-5-12(18)13(9-11)24-14-8-10(6-7-22-14)17(19,20)21/h4-9H,1-3H3,(H,22,24)(H,23,25). The van der Waals surface area contributed by atoms with Gasteiger partial charge in [-0.05, 0) is 51.1 Å². The van der Waals surface area contributed by atoms with Crippen molar-refractivity contribution in [1.29, 1.82) is 0 Å². The Kier molecular flexibility index (Phi) is 5.38. The van der Waals surface area contributed by atoms with Crippen LogP contribution in [0.3, 0.4) is 0 Å². The lowest BCUT2D eigenvalue weighted by Gasteiger charge is -2.20. The van der Waals surface area contributed by atoms with E-state index in [1.54, 1.807) is 20.8 Å². The predicted octanol–water partition coefficient (Wildman–Crippen LogP) is 5.33. The Bertz CT molecular complexity index is 801. The van der Waals surface area contributed by atoms with Crippen molar-refractivity contribution in [2.75, 3.05) is 10.6 Å². The lowest BCUT2D eigenvalue weighted by atomic mass is 10.2. The summed E-state index contributed by atoms with van der Waals surface area (Å²) in [5, 5.41) is 4.89. The molecule has 1 aromatic heterocycles. The van der Waals surface area contributed by atoms with Gasteiger partial charge in [0.25, 0.3) is 0 Å². The van der Waals surface area contributed by atoms with Crippen LogP contribution in [0.2, 0.25) is 0 Å². The first-order chi connectivity index (χ1) is 11.9. The summed E-state index contributed by atoms with van der Waals surface area (Å²) in [7, 11) is 0. The molecule has 5 nitrogen and oxygen atoms in total. The summed E-state index contributed by atoms with van der Waals surface area (Å²) < 4.78 is 57.2. The lowest BCUT2D eigenvalue weighted by molar-refractivity contribution is -0.137. The number of alkyl halides is 3. The molecule has 0 aliphatic rings. The predicted molar refractivity (Wildman–Crippen MR) is 88.8 cm³/mol. The summed E-state index contributed by atoms with van der Waals surface area (Å²) in [5.41, 5.74) is -1.58. The van der Waals surface area contributed by atoms with Gasteiger partial charge >= 0.3 is 12.3 Å². The van der Waals surface area contributed by atoms with E-state index in [4.69, 9.17) is 4.74 Å². The molecule has 2 aromatic rings. The first-order valence-corrected chi connectivity index (χ1v) is 7.54. The summed E-state index contributed by atoms with van der Waals surface area (Å²) in [5.74, 6) is -0.910. The zero-order chi connectivity index (χ0) is 19.5. The Hall–Kier alpha value is -2.84. The monoisotopic (exact) mass is 371 g/mol. The largest absolute Gasteiger partial charge is 0.444 e. The molecule has 1 aromatic carbocycles. The van der Waals surface area contributed by atoms with E-state index in [0.717, 1.165) is 24.4 Å². The van der Waals surface area contributed by atoms with Gasteiger partial charge in [-0.25, -0.2) is 14.2 Å². The van der Waals surface area contributed by atoms with Crippen molar-refractivity contribution < 1.29 is 27.1 Å². The Morgan fingerprint density at radius 3 is 2.42 bits per heavy atom. The topological polar surface area (TPSA) is 63.2 Å². The van der Waals surface area contributed by atoms with E-state index in [1.807, 2.05) is 0 Å². The Labute approximate surface area is 147 Å². The summed E-state index contributed by atoms with van der Waals surface area (Å²) in [4.78, 5) is 15.5. The van der Waals surface area contributed by atoms with Gasteiger partial charge in [0, 0.05) is 11.9 Å². The highest BCUT2D eigenvalue weighted by molar-refractivity contribution is 5.85. The molecule has 0 radical (unpaired) electrons. The molecule has 0 fully saturated rings. The third-order valence-electron chi connectivity index (χ3n) is 2.96. The number of halogens is 4. The number of ether oxygens (including phenoxy) is 1. The number of nitrogens with one attached hydrogen (secondary N) is 2. The fourth-order valence-electron chi connectivity index (χ4n) is 1.93. The highest BCUT2D eigenvalue weighted by atomic mass is 19.4. The minimum absolute atomic E-state index is 0.148. The number of carbonyl (C=O) groups excluding carboxylic acids is 1. The molecule has 9 heteroatoms. The number of benzene rings is 1. The van der Waals surface area contributed by atoms with E-state index in [2.05, 4.69) is 15.6 Å². The molecule has 2 N–H and O–H groups in total. The number of pyridine rings is 1. The number of hydrogen-bond acceptors (Lipinski definition) is 4. The number of nitrogens with zero attached hydrogens (tertiary/aromatic N) is 1. The zero-order valence-corrected chi connectivity index (χ0v) is 14.2. The molecule has 0 saturated heterocycles. The first-order valence-electron chi connectivity index (χ1n) is 7.54. The molecule has 0 unspecified atom stereocenters. The summed E-state index contributed by atoms with van der Waals surface area (Å²) in [6, 6.07) is 5.14. The number of rotatable bonds is 3. The maximum Gasteiger partial charge on any atom is 0.416 e. The van der Waals surface area contributed by atoms with E-state index in [0.29, 0.717) is 0 Å². The van der Waals surface area contributed by atoms with Crippen LogP contribution in [-0.4, -0.2) is 16.7 Å². The lowest BCUT2D eigenvalue weighted by Crippen LogP contribution is -2.27. The second-order valence-corrected chi connectivity index (χ2v) is 6.37. The molecule has 0 atom stereocenters. The fraction of sp³-hybridized carbons (Fsp3) is 0.294. The smallest absolute Gasteiger partial charge is 0.416 e. The molecule has 2 rings (SSSR count). The summed E-state index contributed by atoms with van der Waals surface area (Å²) >= 11 is 0. The van der Waals surface area contributed by atoms with Crippen molar-refractivity contribution in [3.05, 3.63) is 47.9 Å². The van der Waals surface area contributed by atoms with Gasteiger partial charge < -0.3 is 10.1 Å². The van der Waals surface area contributed by atoms with Crippen LogP contribution in [0.15, 0.2) is 36.5 Å². The maximum absolute atomic E-state index is 13.9. The van der Waals surface area contributed by atoms with Crippen molar-refractivity contribution in [2.45, 2.75) is 32.5 Å². The van der Waals surface area contributed by atoms with Crippen LogP contribution in [0, 0.1) is 5.82 Å². The van der Waals surface area contributed by atoms with Crippen molar-refractivity contribution in [1.82, 2.24) is 4.98 Å². The van der Waals surface area contributed by atoms with Crippen LogP contribution in [0.25, 0.3) is 0 Å². The van der Waals surface area contributed by atoms with E-state index in [9.17, 15) is 22.4 Å². The van der Waals surface area contributed by atoms with Gasteiger partial charge in [0.15, 0.2) is 0 Å². The second kappa shape index (κ2) is 7.19. The fourth-order valence-corrected chi connectivity index (χ4v) is 1.93. The van der Waals surface area contributed by atoms with Crippen molar-refractivity contribution in [2.24, 2.45) is 0 Å². The Morgan fingerprint density at radius 2 is 1.81 bits per heavy atom. The van der Waals surface area contributed by atoms with Crippen molar-refractivity contribution in [3.8, 4) is 0 Å². The Balaban J connectivity index is 2.19. The molecule has 1 amide bonds. The van der Waals surface area contributed by atoms with Crippen LogP contribution >= 0.6 is 0 Å². The van der Waals surface area contributed by atoms with Gasteiger partial charge in [-0.1, -0.05) is 0 Å². The molecule has 26 heavy (non-hydrogen) atoms. The van der Waals surface area contributed by atoms with Gasteiger partial charge in [0.1, 0.15) is 17.2 Å². The summed E-state index contributed by atoms with van der Waals surface area (Å²) in [6.07, 6.45) is -4.32. The number of carbonyl (C=O) groups is 1. The average molecular weight is 371 g/mol. The average Bonchev–Trinajstić information content (AvgIpc) is 2.48. The number of anilines is 3. The van der Waals surface area contributed by atoms with Crippen molar-refractivity contribution in [3.63, 3.8) is 0 Å². The third-order valence-corrected chi connectivity index (χ3v) is 2.96. The van der Waals surface area contributed by atoms with Crippen LogP contribution < -0.4 is 10.6 Å². The van der Waals surface area contributed by atoms with Crippen LogP contribution in [0.4, 0.5) is 39.5 Å². The van der Waals surface area contributed by atoms with E-state index in [1.165, 1.54) is 12.1 Å². The number of hydrogen-bond donors (Lipinski definition) is 2. The second-order valence-electron chi connectivity index (χ2n) is 6.37. The highest BCUT2D eigenvalue weighted by Gasteiger charge is 2.30. The van der Waals surface area contributed by atoms with Gasteiger partial charge in [0.2, 0.25) is 0 Å². The molecule has 0 bridgehead atoms. The van der Waals surface area contributed by atoms with E-state index >= 15 is 0 Å². The molecular formula is C17H17F4N3O2. The minimum atomic E-state index is -4.54. The summed E-state index contributed by atoms with van der Waals surface area (Å²) in [6.45, 7) is 5.05. The van der Waals surface area contributed by atoms with Crippen LogP contribution in [-0.2, 0) is 10.9 Å².